The lowest BCUT2D eigenvalue weighted by Gasteiger charge is -2.29. The molecule has 3 N–H and O–H groups in total. The highest BCUT2D eigenvalue weighted by Gasteiger charge is 2.19. The summed E-state index contributed by atoms with van der Waals surface area (Å²) in [6.45, 7) is 3.79. The molecule has 0 atom stereocenters. The Kier molecular flexibility index (Phi) is 3.57. The van der Waals surface area contributed by atoms with Crippen LogP contribution in [0.3, 0.4) is 0 Å². The number of benzene rings is 2. The zero-order chi connectivity index (χ0) is 14.8. The van der Waals surface area contributed by atoms with Gasteiger partial charge in [0.2, 0.25) is 0 Å². The highest BCUT2D eigenvalue weighted by atomic mass is 15.1. The van der Waals surface area contributed by atoms with E-state index in [0.717, 1.165) is 35.6 Å². The summed E-state index contributed by atoms with van der Waals surface area (Å²) in [6, 6.07) is 16.8. The van der Waals surface area contributed by atoms with E-state index < -0.39 is 0 Å². The largest absolute Gasteiger partial charge is 0.397 e. The molecule has 0 unspecified atom stereocenters. The van der Waals surface area contributed by atoms with E-state index >= 15 is 0 Å². The van der Waals surface area contributed by atoms with Crippen molar-refractivity contribution in [3.63, 3.8) is 0 Å². The number of anilines is 1. The maximum absolute atomic E-state index is 6.51. The number of nitrogens with one attached hydrogen (secondary N) is 1. The average molecular weight is 279 g/mol. The van der Waals surface area contributed by atoms with Gasteiger partial charge < -0.3 is 16.0 Å². The van der Waals surface area contributed by atoms with E-state index in [4.69, 9.17) is 5.73 Å². The van der Waals surface area contributed by atoms with Crippen LogP contribution in [0.5, 0.6) is 0 Å². The van der Waals surface area contributed by atoms with Crippen molar-refractivity contribution in [1.29, 1.82) is 0 Å². The maximum Gasteiger partial charge on any atom is 0.0674 e. The van der Waals surface area contributed by atoms with Crippen LogP contribution in [0.25, 0.3) is 11.4 Å². The normalized spacial score (nSPS) is 17.5. The number of hydrogen-bond acceptors (Lipinski definition) is 3. The van der Waals surface area contributed by atoms with Crippen molar-refractivity contribution < 1.29 is 0 Å². The molecule has 0 saturated heterocycles. The van der Waals surface area contributed by atoms with Crippen LogP contribution >= 0.6 is 0 Å². The van der Waals surface area contributed by atoms with E-state index in [9.17, 15) is 0 Å². The lowest BCUT2D eigenvalue weighted by Crippen LogP contribution is -2.25. The molecule has 1 heterocycles. The summed E-state index contributed by atoms with van der Waals surface area (Å²) in [7, 11) is 2.13. The Labute approximate surface area is 126 Å². The summed E-state index contributed by atoms with van der Waals surface area (Å²) in [6.07, 6.45) is 0. The first-order valence-electron chi connectivity index (χ1n) is 7.34. The molecule has 2 aromatic carbocycles. The molecule has 3 heteroatoms. The predicted octanol–water partition coefficient (Wildman–Crippen LogP) is 3.03. The van der Waals surface area contributed by atoms with Crippen molar-refractivity contribution in [3.05, 3.63) is 65.2 Å². The van der Waals surface area contributed by atoms with E-state index in [-0.39, 0.29) is 0 Å². The van der Waals surface area contributed by atoms with Gasteiger partial charge in [-0.05, 0) is 18.6 Å². The number of hydrogen-bond donors (Lipinski definition) is 2. The third-order valence-electron chi connectivity index (χ3n) is 3.92. The quantitative estimate of drug-likeness (QED) is 0.888. The zero-order valence-corrected chi connectivity index (χ0v) is 12.6. The number of para-hydroxylation sites is 1. The molecule has 108 valence electrons. The van der Waals surface area contributed by atoms with Crippen LogP contribution in [0.1, 0.15) is 23.6 Å². The summed E-state index contributed by atoms with van der Waals surface area (Å²) in [5.74, 6) is 0. The molecule has 0 radical (unpaired) electrons. The molecule has 0 fully saturated rings. The summed E-state index contributed by atoms with van der Waals surface area (Å²) in [5, 5.41) is 3.45. The number of nitrogens with two attached hydrogens (primary N) is 1. The van der Waals surface area contributed by atoms with Gasteiger partial charge in [-0.25, -0.2) is 0 Å². The summed E-state index contributed by atoms with van der Waals surface area (Å²) in [4.78, 5) is 2.28. The van der Waals surface area contributed by atoms with Gasteiger partial charge in [0.25, 0.3) is 0 Å². The van der Waals surface area contributed by atoms with Crippen LogP contribution in [0.2, 0.25) is 0 Å². The van der Waals surface area contributed by atoms with E-state index in [1.54, 1.807) is 0 Å². The fourth-order valence-corrected chi connectivity index (χ4v) is 2.93. The van der Waals surface area contributed by atoms with Crippen LogP contribution in [0.4, 0.5) is 5.69 Å². The Morgan fingerprint density at radius 3 is 2.48 bits per heavy atom. The standard InChI is InChI=1S/C18H21N3/c1-3-20-18-15-10-6-7-11-16(15)21(2)12-13-8-4-5-9-14(13)17(18)19/h4-11,20H,3,12,19H2,1-2H3/b18-17-. The summed E-state index contributed by atoms with van der Waals surface area (Å²) < 4.78 is 0. The van der Waals surface area contributed by atoms with E-state index in [0.29, 0.717) is 0 Å². The van der Waals surface area contributed by atoms with Crippen molar-refractivity contribution >= 4 is 17.1 Å². The fourth-order valence-electron chi connectivity index (χ4n) is 2.93. The Hall–Kier alpha value is -2.42. The van der Waals surface area contributed by atoms with Gasteiger partial charge in [-0.2, -0.15) is 0 Å². The molecular weight excluding hydrogens is 258 g/mol. The lowest BCUT2D eigenvalue weighted by molar-refractivity contribution is 0.896. The number of nitrogens with zero attached hydrogens (tertiary/aromatic N) is 1. The van der Waals surface area contributed by atoms with E-state index in [1.807, 2.05) is 6.07 Å². The molecule has 2 aromatic rings. The van der Waals surface area contributed by atoms with Crippen molar-refractivity contribution in [1.82, 2.24) is 5.32 Å². The van der Waals surface area contributed by atoms with Crippen molar-refractivity contribution in [3.8, 4) is 0 Å². The molecule has 0 aromatic heterocycles. The van der Waals surface area contributed by atoms with Gasteiger partial charge in [0.15, 0.2) is 0 Å². The Balaban J connectivity index is 2.30. The van der Waals surface area contributed by atoms with Crippen LogP contribution in [0, 0.1) is 0 Å². The Bertz CT molecular complexity index is 688. The van der Waals surface area contributed by atoms with Crippen molar-refractivity contribution in [2.24, 2.45) is 5.73 Å². The van der Waals surface area contributed by atoms with E-state index in [1.165, 1.54) is 11.3 Å². The minimum absolute atomic E-state index is 0.827. The summed E-state index contributed by atoms with van der Waals surface area (Å²) >= 11 is 0. The zero-order valence-electron chi connectivity index (χ0n) is 12.6. The third-order valence-corrected chi connectivity index (χ3v) is 3.92. The third kappa shape index (κ3) is 2.35. The predicted molar refractivity (Wildman–Crippen MR) is 89.7 cm³/mol. The first-order valence-corrected chi connectivity index (χ1v) is 7.34. The fraction of sp³-hybridized carbons (Fsp3) is 0.222. The highest BCUT2D eigenvalue weighted by molar-refractivity contribution is 5.93. The topological polar surface area (TPSA) is 41.3 Å². The molecule has 0 saturated carbocycles. The first-order chi connectivity index (χ1) is 10.2. The second-order valence-corrected chi connectivity index (χ2v) is 5.35. The van der Waals surface area contributed by atoms with Crippen LogP contribution in [-0.4, -0.2) is 13.6 Å². The van der Waals surface area contributed by atoms with Gasteiger partial charge in [-0.1, -0.05) is 42.5 Å². The van der Waals surface area contributed by atoms with E-state index in [2.05, 4.69) is 66.7 Å². The van der Waals surface area contributed by atoms with Gasteiger partial charge in [0.05, 0.1) is 11.4 Å². The molecule has 21 heavy (non-hydrogen) atoms. The lowest BCUT2D eigenvalue weighted by atomic mass is 9.96. The monoisotopic (exact) mass is 279 g/mol. The molecule has 0 bridgehead atoms. The maximum atomic E-state index is 6.51. The molecule has 0 spiro atoms. The smallest absolute Gasteiger partial charge is 0.0674 e. The molecule has 0 aliphatic carbocycles. The minimum Gasteiger partial charge on any atom is -0.397 e. The molecule has 3 rings (SSSR count). The van der Waals surface area contributed by atoms with Gasteiger partial charge >= 0.3 is 0 Å². The van der Waals surface area contributed by atoms with Crippen LogP contribution in [0.15, 0.2) is 48.5 Å². The van der Waals surface area contributed by atoms with Crippen molar-refractivity contribution in [2.75, 3.05) is 18.5 Å². The Morgan fingerprint density at radius 1 is 1.05 bits per heavy atom. The highest BCUT2D eigenvalue weighted by Crippen LogP contribution is 2.33. The van der Waals surface area contributed by atoms with Gasteiger partial charge in [-0.15, -0.1) is 0 Å². The van der Waals surface area contributed by atoms with Gasteiger partial charge in [0, 0.05) is 37.0 Å². The van der Waals surface area contributed by atoms with Crippen molar-refractivity contribution in [2.45, 2.75) is 13.5 Å². The first kappa shape index (κ1) is 13.6. The Morgan fingerprint density at radius 2 is 1.71 bits per heavy atom. The van der Waals surface area contributed by atoms with Gasteiger partial charge in [0.1, 0.15) is 0 Å². The minimum atomic E-state index is 0.827. The second kappa shape index (κ2) is 5.52. The van der Waals surface area contributed by atoms with Crippen LogP contribution in [-0.2, 0) is 6.54 Å². The number of rotatable bonds is 2. The number of fused-ring (bicyclic) bond motifs is 2. The summed E-state index contributed by atoms with van der Waals surface area (Å²) in [5.41, 5.74) is 13.1. The molecule has 3 nitrogen and oxygen atoms in total. The average Bonchev–Trinajstić information content (AvgIpc) is 2.51. The van der Waals surface area contributed by atoms with Gasteiger partial charge in [-0.3, -0.25) is 0 Å². The molecule has 0 amide bonds. The van der Waals surface area contributed by atoms with Crippen LogP contribution < -0.4 is 16.0 Å². The molecule has 1 aliphatic rings. The SMILES string of the molecule is CCN/C1=C(\N)c2ccccc2CN(C)c2ccccc21. The molecule has 1 aliphatic heterocycles. The second-order valence-electron chi connectivity index (χ2n) is 5.35. The molecular formula is C18H21N3.